The predicted molar refractivity (Wildman–Crippen MR) is 92.6 cm³/mol. The lowest BCUT2D eigenvalue weighted by Crippen LogP contribution is -2.16. The van der Waals surface area contributed by atoms with E-state index < -0.39 is 17.4 Å². The molecule has 0 aliphatic carbocycles. The van der Waals surface area contributed by atoms with Gasteiger partial charge < -0.3 is 15.2 Å². The molecule has 0 unspecified atom stereocenters. The van der Waals surface area contributed by atoms with Crippen LogP contribution in [-0.4, -0.2) is 23.9 Å². The number of hydrogen-bond donors (Lipinski definition) is 2. The quantitative estimate of drug-likeness (QED) is 0.500. The Kier molecular flexibility index (Phi) is 5.37. The van der Waals surface area contributed by atoms with Gasteiger partial charge >= 0.3 is 0 Å². The summed E-state index contributed by atoms with van der Waals surface area (Å²) in [6.07, 6.45) is 0.896. The molecule has 124 valence electrons. The summed E-state index contributed by atoms with van der Waals surface area (Å²) in [5.74, 6) is -1.35. The van der Waals surface area contributed by atoms with Crippen molar-refractivity contribution in [1.29, 1.82) is 0 Å². The first-order chi connectivity index (χ1) is 11.4. The van der Waals surface area contributed by atoms with Crippen LogP contribution in [0.1, 0.15) is 21.5 Å². The summed E-state index contributed by atoms with van der Waals surface area (Å²) >= 11 is 0. The molecule has 24 heavy (non-hydrogen) atoms. The average Bonchev–Trinajstić information content (AvgIpc) is 2.57. The van der Waals surface area contributed by atoms with E-state index in [1.165, 1.54) is 13.2 Å². The molecule has 0 fully saturated rings. The molecule has 2 rings (SSSR count). The molecule has 0 saturated carbocycles. The van der Waals surface area contributed by atoms with Crippen molar-refractivity contribution in [3.63, 3.8) is 0 Å². The van der Waals surface area contributed by atoms with Crippen molar-refractivity contribution in [3.8, 4) is 5.75 Å². The highest BCUT2D eigenvalue weighted by molar-refractivity contribution is 6.11. The van der Waals surface area contributed by atoms with E-state index in [9.17, 15) is 14.7 Å². The summed E-state index contributed by atoms with van der Waals surface area (Å²) in [6, 6.07) is 12.0. The van der Waals surface area contributed by atoms with Crippen molar-refractivity contribution < 1.29 is 19.4 Å². The zero-order valence-electron chi connectivity index (χ0n) is 13.8. The smallest absolute Gasteiger partial charge is 0.290 e. The van der Waals surface area contributed by atoms with Gasteiger partial charge in [0.1, 0.15) is 5.75 Å². The Hall–Kier alpha value is -3.08. The lowest BCUT2D eigenvalue weighted by atomic mass is 10.1. The summed E-state index contributed by atoms with van der Waals surface area (Å²) in [5, 5.41) is 12.5. The molecule has 2 N–H and O–H groups in total. The normalized spacial score (nSPS) is 11.0. The Bertz CT molecular complexity index is 809. The Morgan fingerprint density at radius 1 is 1.12 bits per heavy atom. The number of ether oxygens (including phenoxy) is 1. The number of allylic oxidation sites excluding steroid dienone is 1. The van der Waals surface area contributed by atoms with E-state index in [1.54, 1.807) is 24.3 Å². The first-order valence-electron chi connectivity index (χ1n) is 7.38. The maximum Gasteiger partial charge on any atom is 0.290 e. The summed E-state index contributed by atoms with van der Waals surface area (Å²) in [6.45, 7) is 3.80. The number of nitrogens with one attached hydrogen (secondary N) is 1. The number of anilines is 1. The molecule has 0 heterocycles. The monoisotopic (exact) mass is 325 g/mol. The second kappa shape index (κ2) is 7.46. The Balaban J connectivity index is 2.14. The number of methoxy groups -OCH3 is 1. The summed E-state index contributed by atoms with van der Waals surface area (Å²) in [7, 11) is 1.49. The maximum absolute atomic E-state index is 12.1. The highest BCUT2D eigenvalue weighted by atomic mass is 16.5. The fourth-order valence-corrected chi connectivity index (χ4v) is 2.19. The molecule has 0 aromatic heterocycles. The van der Waals surface area contributed by atoms with Crippen LogP contribution in [0.5, 0.6) is 5.75 Å². The SMILES string of the molecule is COc1cccc(C(=O)/C=C(\O)C(=O)Nc2ccc(C)cc2C)c1. The molecule has 0 aliphatic heterocycles. The predicted octanol–water partition coefficient (Wildman–Crippen LogP) is 3.58. The summed E-state index contributed by atoms with van der Waals surface area (Å²) in [5.41, 5.74) is 2.84. The zero-order chi connectivity index (χ0) is 17.7. The van der Waals surface area contributed by atoms with Gasteiger partial charge in [0.25, 0.3) is 5.91 Å². The van der Waals surface area contributed by atoms with Crippen molar-refractivity contribution in [1.82, 2.24) is 0 Å². The average molecular weight is 325 g/mol. The van der Waals surface area contributed by atoms with Gasteiger partial charge in [-0.05, 0) is 37.6 Å². The second-order valence-corrected chi connectivity index (χ2v) is 5.40. The molecule has 0 spiro atoms. The Morgan fingerprint density at radius 2 is 1.88 bits per heavy atom. The largest absolute Gasteiger partial charge is 0.503 e. The lowest BCUT2D eigenvalue weighted by Gasteiger charge is -2.08. The van der Waals surface area contributed by atoms with E-state index in [-0.39, 0.29) is 0 Å². The van der Waals surface area contributed by atoms with Gasteiger partial charge in [-0.2, -0.15) is 0 Å². The third-order valence-corrected chi connectivity index (χ3v) is 3.48. The molecular formula is C19H19NO4. The molecule has 0 atom stereocenters. The van der Waals surface area contributed by atoms with Crippen LogP contribution in [-0.2, 0) is 4.79 Å². The van der Waals surface area contributed by atoms with Crippen LogP contribution in [0.25, 0.3) is 0 Å². The fraction of sp³-hybridized carbons (Fsp3) is 0.158. The third-order valence-electron chi connectivity index (χ3n) is 3.48. The summed E-state index contributed by atoms with van der Waals surface area (Å²) in [4.78, 5) is 24.2. The van der Waals surface area contributed by atoms with Gasteiger partial charge in [0.2, 0.25) is 0 Å². The van der Waals surface area contributed by atoms with Gasteiger partial charge in [-0.25, -0.2) is 0 Å². The van der Waals surface area contributed by atoms with E-state index in [0.717, 1.165) is 17.2 Å². The number of carbonyl (C=O) groups excluding carboxylic acids is 2. The van der Waals surface area contributed by atoms with Gasteiger partial charge in [-0.1, -0.05) is 29.8 Å². The molecule has 0 saturated heterocycles. The Morgan fingerprint density at radius 3 is 2.54 bits per heavy atom. The molecule has 2 aromatic rings. The van der Waals surface area contributed by atoms with E-state index in [1.807, 2.05) is 26.0 Å². The second-order valence-electron chi connectivity index (χ2n) is 5.40. The lowest BCUT2D eigenvalue weighted by molar-refractivity contribution is -0.115. The van der Waals surface area contributed by atoms with Crippen molar-refractivity contribution >= 4 is 17.4 Å². The Labute approximate surface area is 140 Å². The zero-order valence-corrected chi connectivity index (χ0v) is 13.8. The molecule has 5 nitrogen and oxygen atoms in total. The van der Waals surface area contributed by atoms with Crippen LogP contribution in [0.15, 0.2) is 54.3 Å². The molecule has 0 bridgehead atoms. The van der Waals surface area contributed by atoms with Crippen LogP contribution in [0.3, 0.4) is 0 Å². The van der Waals surface area contributed by atoms with Crippen molar-refractivity contribution in [3.05, 3.63) is 71.0 Å². The number of aliphatic hydroxyl groups is 1. The van der Waals surface area contributed by atoms with Gasteiger partial charge in [0, 0.05) is 17.3 Å². The summed E-state index contributed by atoms with van der Waals surface area (Å²) < 4.78 is 5.04. The number of hydrogen-bond acceptors (Lipinski definition) is 4. The van der Waals surface area contributed by atoms with Gasteiger partial charge in [-0.15, -0.1) is 0 Å². The first-order valence-corrected chi connectivity index (χ1v) is 7.38. The molecule has 0 aliphatic rings. The van der Waals surface area contributed by atoms with Crippen LogP contribution in [0.4, 0.5) is 5.69 Å². The molecule has 1 amide bonds. The first kappa shape index (κ1) is 17.3. The number of aliphatic hydroxyl groups excluding tert-OH is 1. The van der Waals surface area contributed by atoms with Gasteiger partial charge in [0.15, 0.2) is 11.5 Å². The standard InChI is InChI=1S/C19H19NO4/c1-12-7-8-16(13(2)9-12)20-19(23)18(22)11-17(21)14-5-4-6-15(10-14)24-3/h4-11,22H,1-3H3,(H,20,23)/b18-11-. The topological polar surface area (TPSA) is 75.6 Å². The molecule has 5 heteroatoms. The number of amides is 1. The molecular weight excluding hydrogens is 306 g/mol. The van der Waals surface area contributed by atoms with E-state index >= 15 is 0 Å². The number of carbonyl (C=O) groups is 2. The van der Waals surface area contributed by atoms with Crippen LogP contribution in [0, 0.1) is 13.8 Å². The highest BCUT2D eigenvalue weighted by Gasteiger charge is 2.13. The highest BCUT2D eigenvalue weighted by Crippen LogP contribution is 2.17. The minimum Gasteiger partial charge on any atom is -0.503 e. The third kappa shape index (κ3) is 4.23. The maximum atomic E-state index is 12.1. The van der Waals surface area contributed by atoms with Gasteiger partial charge in [-0.3, -0.25) is 9.59 Å². The molecule has 2 aromatic carbocycles. The van der Waals surface area contributed by atoms with Crippen molar-refractivity contribution in [2.45, 2.75) is 13.8 Å². The fourth-order valence-electron chi connectivity index (χ4n) is 2.19. The van der Waals surface area contributed by atoms with E-state index in [4.69, 9.17) is 4.74 Å². The molecule has 0 radical (unpaired) electrons. The van der Waals surface area contributed by atoms with E-state index in [0.29, 0.717) is 17.0 Å². The van der Waals surface area contributed by atoms with Gasteiger partial charge in [0.05, 0.1) is 7.11 Å². The number of ketones is 1. The van der Waals surface area contributed by atoms with Crippen molar-refractivity contribution in [2.24, 2.45) is 0 Å². The minimum absolute atomic E-state index is 0.320. The van der Waals surface area contributed by atoms with Crippen LogP contribution < -0.4 is 10.1 Å². The number of rotatable bonds is 5. The number of aryl methyl sites for hydroxylation is 2. The van der Waals surface area contributed by atoms with Crippen LogP contribution >= 0.6 is 0 Å². The number of benzene rings is 2. The van der Waals surface area contributed by atoms with E-state index in [2.05, 4.69) is 5.32 Å². The van der Waals surface area contributed by atoms with Crippen LogP contribution in [0.2, 0.25) is 0 Å². The van der Waals surface area contributed by atoms with Crippen molar-refractivity contribution in [2.75, 3.05) is 12.4 Å². The minimum atomic E-state index is -0.738.